The summed E-state index contributed by atoms with van der Waals surface area (Å²) in [4.78, 5) is 0. The van der Waals surface area contributed by atoms with Gasteiger partial charge >= 0.3 is 0 Å². The van der Waals surface area contributed by atoms with Gasteiger partial charge in [0.25, 0.3) is 0 Å². The van der Waals surface area contributed by atoms with Gasteiger partial charge in [-0.25, -0.2) is 0 Å². The number of hydrogen-bond acceptors (Lipinski definition) is 3. The molecule has 3 nitrogen and oxygen atoms in total. The molecule has 0 radical (unpaired) electrons. The second-order valence-corrected chi connectivity index (χ2v) is 5.75. The fourth-order valence-electron chi connectivity index (χ4n) is 2.55. The Labute approximate surface area is 106 Å². The molecule has 0 amide bonds. The first-order valence-corrected chi connectivity index (χ1v) is 7.02. The van der Waals surface area contributed by atoms with Crippen molar-refractivity contribution in [2.24, 2.45) is 5.92 Å². The minimum absolute atomic E-state index is 0.604. The lowest BCUT2D eigenvalue weighted by Gasteiger charge is -2.31. The van der Waals surface area contributed by atoms with Gasteiger partial charge in [-0.2, -0.15) is 0 Å². The molecule has 102 valence electrons. The summed E-state index contributed by atoms with van der Waals surface area (Å²) in [6.07, 6.45) is 7.22. The summed E-state index contributed by atoms with van der Waals surface area (Å²) in [5.41, 5.74) is -0.641. The molecule has 1 atom stereocenters. The van der Waals surface area contributed by atoms with Gasteiger partial charge in [0.05, 0.1) is 5.60 Å². The number of nitrogens with one attached hydrogen (secondary N) is 1. The third kappa shape index (κ3) is 5.84. The predicted octanol–water partition coefficient (Wildman–Crippen LogP) is 2.33. The molecule has 0 aromatic carbocycles. The van der Waals surface area contributed by atoms with Crippen molar-refractivity contribution in [1.29, 1.82) is 0 Å². The molecular weight excluding hydrogens is 214 g/mol. The summed E-state index contributed by atoms with van der Waals surface area (Å²) in [6, 6.07) is 0.604. The quantitative estimate of drug-likeness (QED) is 0.721. The van der Waals surface area contributed by atoms with Crippen LogP contribution in [0.25, 0.3) is 0 Å². The maximum absolute atomic E-state index is 10.1. The van der Waals surface area contributed by atoms with Gasteiger partial charge in [0, 0.05) is 32.7 Å². The molecule has 1 saturated carbocycles. The van der Waals surface area contributed by atoms with Crippen molar-refractivity contribution in [3.63, 3.8) is 0 Å². The molecule has 17 heavy (non-hydrogen) atoms. The number of aliphatic hydroxyl groups is 1. The normalized spacial score (nSPS) is 28.9. The first-order valence-electron chi connectivity index (χ1n) is 7.02. The smallest absolute Gasteiger partial charge is 0.0765 e. The Morgan fingerprint density at radius 3 is 2.47 bits per heavy atom. The fraction of sp³-hybridized carbons (Fsp3) is 1.00. The Morgan fingerprint density at radius 2 is 1.94 bits per heavy atom. The lowest BCUT2D eigenvalue weighted by atomic mass is 9.84. The number of rotatable bonds is 7. The number of hydrogen-bond donors (Lipinski definition) is 2. The molecule has 0 saturated heterocycles. The predicted molar refractivity (Wildman–Crippen MR) is 71.2 cm³/mol. The monoisotopic (exact) mass is 243 g/mol. The molecule has 2 N–H and O–H groups in total. The minimum atomic E-state index is -0.641. The molecule has 0 aliphatic heterocycles. The maximum Gasteiger partial charge on any atom is 0.0765 e. The van der Waals surface area contributed by atoms with Crippen LogP contribution in [0.1, 0.15) is 52.4 Å². The number of ether oxygens (including phenoxy) is 1. The van der Waals surface area contributed by atoms with Gasteiger partial charge < -0.3 is 15.2 Å². The summed E-state index contributed by atoms with van der Waals surface area (Å²) in [5, 5.41) is 13.6. The van der Waals surface area contributed by atoms with E-state index in [4.69, 9.17) is 4.74 Å². The molecule has 0 aromatic heterocycles. The Bertz CT molecular complexity index is 198. The van der Waals surface area contributed by atoms with E-state index in [1.807, 2.05) is 6.92 Å². The molecule has 0 heterocycles. The van der Waals surface area contributed by atoms with Crippen LogP contribution < -0.4 is 5.32 Å². The van der Waals surface area contributed by atoms with Crippen LogP contribution in [0.4, 0.5) is 0 Å². The van der Waals surface area contributed by atoms with Crippen LogP contribution in [-0.2, 0) is 4.74 Å². The van der Waals surface area contributed by atoms with Gasteiger partial charge in [-0.3, -0.25) is 0 Å². The lowest BCUT2D eigenvalue weighted by Crippen LogP contribution is -2.44. The van der Waals surface area contributed by atoms with Gasteiger partial charge in [-0.05, 0) is 38.5 Å². The van der Waals surface area contributed by atoms with Gasteiger partial charge in [0.1, 0.15) is 0 Å². The van der Waals surface area contributed by atoms with Gasteiger partial charge in [-0.1, -0.05) is 13.3 Å². The minimum Gasteiger partial charge on any atom is -0.389 e. The van der Waals surface area contributed by atoms with Gasteiger partial charge in [0.2, 0.25) is 0 Å². The van der Waals surface area contributed by atoms with Crippen LogP contribution in [0.2, 0.25) is 0 Å². The van der Waals surface area contributed by atoms with Crippen molar-refractivity contribution in [3.8, 4) is 0 Å². The molecule has 0 aromatic rings. The summed E-state index contributed by atoms with van der Waals surface area (Å²) >= 11 is 0. The summed E-state index contributed by atoms with van der Waals surface area (Å²) in [6.45, 7) is 5.47. The van der Waals surface area contributed by atoms with E-state index >= 15 is 0 Å². The van der Waals surface area contributed by atoms with E-state index in [0.29, 0.717) is 25.6 Å². The highest BCUT2D eigenvalue weighted by Gasteiger charge is 2.24. The Balaban J connectivity index is 2.18. The molecule has 0 bridgehead atoms. The molecule has 1 rings (SSSR count). The third-order valence-corrected chi connectivity index (χ3v) is 4.04. The van der Waals surface area contributed by atoms with Crippen LogP contribution >= 0.6 is 0 Å². The summed E-state index contributed by atoms with van der Waals surface area (Å²) < 4.78 is 5.01. The molecule has 1 fully saturated rings. The van der Waals surface area contributed by atoms with Crippen molar-refractivity contribution < 1.29 is 9.84 Å². The van der Waals surface area contributed by atoms with E-state index in [-0.39, 0.29) is 0 Å². The molecule has 1 aliphatic rings. The van der Waals surface area contributed by atoms with E-state index in [0.717, 1.165) is 5.92 Å². The zero-order valence-corrected chi connectivity index (χ0v) is 11.7. The first-order chi connectivity index (χ1) is 8.07. The second-order valence-electron chi connectivity index (χ2n) is 5.75. The molecule has 1 aliphatic carbocycles. The summed E-state index contributed by atoms with van der Waals surface area (Å²) in [5.74, 6) is 0.932. The summed E-state index contributed by atoms with van der Waals surface area (Å²) in [7, 11) is 1.68. The standard InChI is InChI=1S/C14H29NO2/c1-4-12-5-7-13(8-6-12)15-11-14(2,16)9-10-17-3/h12-13,15-16H,4-11H2,1-3H3. The van der Waals surface area contributed by atoms with E-state index in [2.05, 4.69) is 12.2 Å². The van der Waals surface area contributed by atoms with Crippen molar-refractivity contribution in [1.82, 2.24) is 5.32 Å². The van der Waals surface area contributed by atoms with Gasteiger partial charge in [-0.15, -0.1) is 0 Å². The zero-order chi connectivity index (χ0) is 12.7. The van der Waals surface area contributed by atoms with Crippen LogP contribution in [0.3, 0.4) is 0 Å². The highest BCUT2D eigenvalue weighted by Crippen LogP contribution is 2.26. The topological polar surface area (TPSA) is 41.5 Å². The van der Waals surface area contributed by atoms with E-state index < -0.39 is 5.60 Å². The van der Waals surface area contributed by atoms with Crippen LogP contribution in [0.15, 0.2) is 0 Å². The maximum atomic E-state index is 10.1. The Hall–Kier alpha value is -0.120. The van der Waals surface area contributed by atoms with Crippen LogP contribution in [0, 0.1) is 5.92 Å². The van der Waals surface area contributed by atoms with Gasteiger partial charge in [0.15, 0.2) is 0 Å². The average molecular weight is 243 g/mol. The fourth-order valence-corrected chi connectivity index (χ4v) is 2.55. The van der Waals surface area contributed by atoms with E-state index in [9.17, 15) is 5.11 Å². The zero-order valence-electron chi connectivity index (χ0n) is 11.7. The highest BCUT2D eigenvalue weighted by molar-refractivity contribution is 4.81. The first kappa shape index (κ1) is 14.9. The average Bonchev–Trinajstić information content (AvgIpc) is 2.35. The van der Waals surface area contributed by atoms with Crippen molar-refractivity contribution in [3.05, 3.63) is 0 Å². The van der Waals surface area contributed by atoms with E-state index in [1.54, 1.807) is 7.11 Å². The number of methoxy groups -OCH3 is 1. The highest BCUT2D eigenvalue weighted by atomic mass is 16.5. The lowest BCUT2D eigenvalue weighted by molar-refractivity contribution is 0.0213. The largest absolute Gasteiger partial charge is 0.389 e. The molecule has 0 spiro atoms. The second kappa shape index (κ2) is 7.34. The molecule has 3 heteroatoms. The Kier molecular flexibility index (Phi) is 6.45. The Morgan fingerprint density at radius 1 is 1.29 bits per heavy atom. The van der Waals surface area contributed by atoms with E-state index in [1.165, 1.54) is 32.1 Å². The van der Waals surface area contributed by atoms with Crippen molar-refractivity contribution >= 4 is 0 Å². The SMILES string of the molecule is CCC1CCC(NCC(C)(O)CCOC)CC1. The van der Waals surface area contributed by atoms with Crippen LogP contribution in [0.5, 0.6) is 0 Å². The molecule has 1 unspecified atom stereocenters. The van der Waals surface area contributed by atoms with Crippen molar-refractivity contribution in [2.45, 2.75) is 64.0 Å². The molecular formula is C14H29NO2. The van der Waals surface area contributed by atoms with Crippen molar-refractivity contribution in [2.75, 3.05) is 20.3 Å². The third-order valence-electron chi connectivity index (χ3n) is 4.04. The van der Waals surface area contributed by atoms with Crippen LogP contribution in [-0.4, -0.2) is 37.0 Å².